The number of benzene rings is 1. The number of ether oxygens (including phenoxy) is 1. The minimum atomic E-state index is -0.110. The zero-order valence-electron chi connectivity index (χ0n) is 11.4. The molecule has 0 saturated carbocycles. The van der Waals surface area contributed by atoms with Crippen LogP contribution in [0.1, 0.15) is 22.2 Å². The summed E-state index contributed by atoms with van der Waals surface area (Å²) in [5.74, 6) is -0.110. The normalized spacial score (nSPS) is 18.5. The van der Waals surface area contributed by atoms with E-state index in [0.717, 1.165) is 5.56 Å². The Kier molecular flexibility index (Phi) is 4.18. The molecule has 2 aromatic rings. The molecule has 0 spiro atoms. The van der Waals surface area contributed by atoms with Gasteiger partial charge in [-0.15, -0.1) is 0 Å². The third-order valence-corrected chi connectivity index (χ3v) is 3.70. The van der Waals surface area contributed by atoms with Gasteiger partial charge in [0.15, 0.2) is 0 Å². The lowest BCUT2D eigenvalue weighted by Crippen LogP contribution is -2.42. The van der Waals surface area contributed by atoms with Gasteiger partial charge in [-0.05, 0) is 17.7 Å². The number of aromatic nitrogens is 1. The maximum absolute atomic E-state index is 12.5. The first kappa shape index (κ1) is 14.0. The largest absolute Gasteiger partial charge is 0.370 e. The summed E-state index contributed by atoms with van der Waals surface area (Å²) in [6.07, 6.45) is 1.45. The highest BCUT2D eigenvalue weighted by molar-refractivity contribution is 6.30. The van der Waals surface area contributed by atoms with Crippen LogP contribution in [0.3, 0.4) is 0 Å². The third-order valence-electron chi connectivity index (χ3n) is 3.47. The summed E-state index contributed by atoms with van der Waals surface area (Å²) in [6, 6.07) is 13.2. The monoisotopic (exact) mass is 302 g/mol. The SMILES string of the molecule is O=C(c1cc(Cl)ccn1)N1CCOC(c2ccccc2)C1. The predicted molar refractivity (Wildman–Crippen MR) is 80.3 cm³/mol. The van der Waals surface area contributed by atoms with E-state index in [4.69, 9.17) is 16.3 Å². The van der Waals surface area contributed by atoms with E-state index < -0.39 is 0 Å². The summed E-state index contributed by atoms with van der Waals surface area (Å²) < 4.78 is 5.76. The van der Waals surface area contributed by atoms with E-state index in [2.05, 4.69) is 4.98 Å². The summed E-state index contributed by atoms with van der Waals surface area (Å²) >= 11 is 5.92. The number of morpholine rings is 1. The molecule has 1 fully saturated rings. The van der Waals surface area contributed by atoms with Gasteiger partial charge in [-0.3, -0.25) is 9.78 Å². The van der Waals surface area contributed by atoms with Gasteiger partial charge in [-0.25, -0.2) is 0 Å². The molecular weight excluding hydrogens is 288 g/mol. The highest BCUT2D eigenvalue weighted by atomic mass is 35.5. The number of amides is 1. The van der Waals surface area contributed by atoms with Crippen LogP contribution in [0.4, 0.5) is 0 Å². The molecular formula is C16H15ClN2O2. The number of hydrogen-bond donors (Lipinski definition) is 0. The average molecular weight is 303 g/mol. The van der Waals surface area contributed by atoms with Gasteiger partial charge in [0.05, 0.1) is 13.2 Å². The maximum Gasteiger partial charge on any atom is 0.272 e. The Bertz CT molecular complexity index is 633. The lowest BCUT2D eigenvalue weighted by Gasteiger charge is -2.33. The van der Waals surface area contributed by atoms with Gasteiger partial charge in [0.25, 0.3) is 5.91 Å². The van der Waals surface area contributed by atoms with E-state index in [1.165, 1.54) is 0 Å². The molecule has 1 atom stereocenters. The molecule has 1 amide bonds. The Labute approximate surface area is 128 Å². The van der Waals surface area contributed by atoms with Crippen LogP contribution in [0, 0.1) is 0 Å². The second-order valence-corrected chi connectivity index (χ2v) is 5.32. The summed E-state index contributed by atoms with van der Waals surface area (Å²) in [4.78, 5) is 18.3. The van der Waals surface area contributed by atoms with Crippen LogP contribution in [0.15, 0.2) is 48.7 Å². The van der Waals surface area contributed by atoms with Crippen LogP contribution < -0.4 is 0 Å². The van der Waals surface area contributed by atoms with Crippen LogP contribution in [-0.4, -0.2) is 35.5 Å². The van der Waals surface area contributed by atoms with Crippen LogP contribution in [0.5, 0.6) is 0 Å². The van der Waals surface area contributed by atoms with Crippen molar-refractivity contribution in [2.45, 2.75) is 6.10 Å². The molecule has 108 valence electrons. The van der Waals surface area contributed by atoms with E-state index in [1.807, 2.05) is 30.3 Å². The van der Waals surface area contributed by atoms with Gasteiger partial charge in [0.1, 0.15) is 11.8 Å². The van der Waals surface area contributed by atoms with E-state index >= 15 is 0 Å². The molecule has 1 aromatic carbocycles. The highest BCUT2D eigenvalue weighted by Gasteiger charge is 2.26. The quantitative estimate of drug-likeness (QED) is 0.856. The molecule has 1 aliphatic rings. The Morgan fingerprint density at radius 2 is 2.10 bits per heavy atom. The molecule has 1 saturated heterocycles. The molecule has 1 aliphatic heterocycles. The molecule has 0 aliphatic carbocycles. The first-order chi connectivity index (χ1) is 10.2. The number of rotatable bonds is 2. The van der Waals surface area contributed by atoms with Crippen LogP contribution in [0.2, 0.25) is 5.02 Å². The summed E-state index contributed by atoms with van der Waals surface area (Å²) in [6.45, 7) is 1.61. The maximum atomic E-state index is 12.5. The van der Waals surface area contributed by atoms with Crippen molar-refractivity contribution in [3.05, 3.63) is 64.9 Å². The Balaban J connectivity index is 1.75. The van der Waals surface area contributed by atoms with Gasteiger partial charge >= 0.3 is 0 Å². The average Bonchev–Trinajstić information content (AvgIpc) is 2.55. The van der Waals surface area contributed by atoms with Crippen molar-refractivity contribution in [3.63, 3.8) is 0 Å². The minimum absolute atomic E-state index is 0.0944. The highest BCUT2D eigenvalue weighted by Crippen LogP contribution is 2.23. The van der Waals surface area contributed by atoms with Gasteiger partial charge in [0.2, 0.25) is 0 Å². The van der Waals surface area contributed by atoms with Gasteiger partial charge in [-0.1, -0.05) is 41.9 Å². The predicted octanol–water partition coefficient (Wildman–Crippen LogP) is 2.95. The van der Waals surface area contributed by atoms with Gasteiger partial charge in [0, 0.05) is 17.8 Å². The Morgan fingerprint density at radius 1 is 1.29 bits per heavy atom. The van der Waals surface area contributed by atoms with Gasteiger partial charge < -0.3 is 9.64 Å². The summed E-state index contributed by atoms with van der Waals surface area (Å²) in [5, 5.41) is 0.515. The Hall–Kier alpha value is -1.91. The molecule has 21 heavy (non-hydrogen) atoms. The van der Waals surface area contributed by atoms with Crippen LogP contribution in [-0.2, 0) is 4.74 Å². The zero-order chi connectivity index (χ0) is 14.7. The van der Waals surface area contributed by atoms with Crippen molar-refractivity contribution < 1.29 is 9.53 Å². The van der Waals surface area contributed by atoms with E-state index in [0.29, 0.717) is 30.4 Å². The molecule has 3 rings (SSSR count). The lowest BCUT2D eigenvalue weighted by atomic mass is 10.1. The van der Waals surface area contributed by atoms with Crippen LogP contribution in [0.25, 0.3) is 0 Å². The van der Waals surface area contributed by atoms with Crippen molar-refractivity contribution in [1.82, 2.24) is 9.88 Å². The molecule has 5 heteroatoms. The fraction of sp³-hybridized carbons (Fsp3) is 0.250. The second-order valence-electron chi connectivity index (χ2n) is 4.88. The molecule has 0 N–H and O–H groups in total. The standard InChI is InChI=1S/C16H15ClN2O2/c17-13-6-7-18-14(10-13)16(20)19-8-9-21-15(11-19)12-4-2-1-3-5-12/h1-7,10,15H,8-9,11H2. The first-order valence-electron chi connectivity index (χ1n) is 6.81. The number of pyridine rings is 1. The molecule has 0 radical (unpaired) electrons. The zero-order valence-corrected chi connectivity index (χ0v) is 12.2. The van der Waals surface area contributed by atoms with Crippen molar-refractivity contribution in [1.29, 1.82) is 0 Å². The van der Waals surface area contributed by atoms with Gasteiger partial charge in [-0.2, -0.15) is 0 Å². The summed E-state index contributed by atoms with van der Waals surface area (Å²) in [5.41, 5.74) is 1.45. The van der Waals surface area contributed by atoms with E-state index in [9.17, 15) is 4.79 Å². The number of carbonyl (C=O) groups is 1. The molecule has 1 unspecified atom stereocenters. The molecule has 4 nitrogen and oxygen atoms in total. The number of halogens is 1. The number of carbonyl (C=O) groups excluding carboxylic acids is 1. The minimum Gasteiger partial charge on any atom is -0.370 e. The van der Waals surface area contributed by atoms with Crippen molar-refractivity contribution in [2.24, 2.45) is 0 Å². The first-order valence-corrected chi connectivity index (χ1v) is 7.19. The topological polar surface area (TPSA) is 42.4 Å². The van der Waals surface area contributed by atoms with Crippen molar-refractivity contribution >= 4 is 17.5 Å². The Morgan fingerprint density at radius 3 is 2.86 bits per heavy atom. The molecule has 0 bridgehead atoms. The molecule has 2 heterocycles. The fourth-order valence-electron chi connectivity index (χ4n) is 2.39. The van der Waals surface area contributed by atoms with Crippen molar-refractivity contribution in [2.75, 3.05) is 19.7 Å². The lowest BCUT2D eigenvalue weighted by molar-refractivity contribution is -0.0230. The third kappa shape index (κ3) is 3.23. The number of hydrogen-bond acceptors (Lipinski definition) is 3. The van der Waals surface area contributed by atoms with E-state index in [-0.39, 0.29) is 12.0 Å². The molecule has 1 aromatic heterocycles. The van der Waals surface area contributed by atoms with E-state index in [1.54, 1.807) is 23.2 Å². The van der Waals surface area contributed by atoms with Crippen LogP contribution >= 0.6 is 11.6 Å². The summed E-state index contributed by atoms with van der Waals surface area (Å²) in [7, 11) is 0. The smallest absolute Gasteiger partial charge is 0.272 e. The number of nitrogens with zero attached hydrogens (tertiary/aromatic N) is 2. The van der Waals surface area contributed by atoms with Crippen molar-refractivity contribution in [3.8, 4) is 0 Å². The second kappa shape index (κ2) is 6.24. The fourth-order valence-corrected chi connectivity index (χ4v) is 2.55.